The summed E-state index contributed by atoms with van der Waals surface area (Å²) in [6.45, 7) is 10.4. The Hall–Kier alpha value is -2.16. The van der Waals surface area contributed by atoms with Crippen LogP contribution in [0.4, 0.5) is 0 Å². The fourth-order valence-corrected chi connectivity index (χ4v) is 2.26. The Bertz CT molecular complexity index is 538. The topological polar surface area (TPSA) is 151 Å². The zero-order chi connectivity index (χ0) is 21.3. The molecule has 5 atom stereocenters. The Balaban J connectivity index is 4.98. The second-order valence-electron chi connectivity index (χ2n) is 7.40. The third-order valence-electron chi connectivity index (χ3n) is 4.38. The molecule has 0 radical (unpaired) electrons. The minimum absolute atomic E-state index is 0.0324. The van der Waals surface area contributed by atoms with E-state index in [1.807, 2.05) is 27.7 Å². The average molecular weight is 386 g/mol. The van der Waals surface area contributed by atoms with Gasteiger partial charge < -0.3 is 26.8 Å². The second kappa shape index (κ2) is 11.5. The van der Waals surface area contributed by atoms with Crippen molar-refractivity contribution in [3.63, 3.8) is 0 Å². The molecule has 27 heavy (non-hydrogen) atoms. The van der Waals surface area contributed by atoms with Gasteiger partial charge in [-0.3, -0.25) is 19.2 Å². The van der Waals surface area contributed by atoms with Crippen LogP contribution in [0.1, 0.15) is 54.4 Å². The Morgan fingerprint density at radius 3 is 1.81 bits per heavy atom. The van der Waals surface area contributed by atoms with Crippen LogP contribution in [0.5, 0.6) is 0 Å². The molecule has 0 aromatic heterocycles. The molecule has 3 amide bonds. The summed E-state index contributed by atoms with van der Waals surface area (Å²) < 4.78 is 0. The maximum atomic E-state index is 12.5. The lowest BCUT2D eigenvalue weighted by atomic mass is 9.97. The van der Waals surface area contributed by atoms with Crippen LogP contribution < -0.4 is 21.7 Å². The van der Waals surface area contributed by atoms with Gasteiger partial charge >= 0.3 is 5.97 Å². The summed E-state index contributed by atoms with van der Waals surface area (Å²) in [5, 5.41) is 16.3. The summed E-state index contributed by atoms with van der Waals surface area (Å²) in [7, 11) is 0. The summed E-state index contributed by atoms with van der Waals surface area (Å²) in [6, 6.07) is -3.58. The molecule has 0 aliphatic carbocycles. The van der Waals surface area contributed by atoms with Crippen molar-refractivity contribution in [3.8, 4) is 0 Å². The highest BCUT2D eigenvalue weighted by molar-refractivity contribution is 5.93. The van der Waals surface area contributed by atoms with Gasteiger partial charge in [0.05, 0.1) is 6.04 Å². The van der Waals surface area contributed by atoms with Crippen molar-refractivity contribution in [2.24, 2.45) is 17.6 Å². The molecular formula is C18H34N4O5. The number of nitrogens with two attached hydrogens (primary N) is 1. The number of rotatable bonds is 11. The van der Waals surface area contributed by atoms with Crippen LogP contribution in [-0.4, -0.2) is 53.0 Å². The van der Waals surface area contributed by atoms with E-state index in [0.717, 1.165) is 6.42 Å². The smallest absolute Gasteiger partial charge is 0.325 e. The summed E-state index contributed by atoms with van der Waals surface area (Å²) in [4.78, 5) is 47.7. The van der Waals surface area contributed by atoms with Gasteiger partial charge in [-0.25, -0.2) is 0 Å². The van der Waals surface area contributed by atoms with Gasteiger partial charge in [0.1, 0.15) is 18.1 Å². The number of carbonyl (C=O) groups excluding carboxylic acids is 3. The zero-order valence-corrected chi connectivity index (χ0v) is 17.0. The number of carboxylic acid groups (broad SMARTS) is 1. The molecule has 0 fully saturated rings. The first-order valence-electron chi connectivity index (χ1n) is 9.30. The number of carbonyl (C=O) groups is 4. The maximum absolute atomic E-state index is 12.5. The van der Waals surface area contributed by atoms with E-state index in [1.54, 1.807) is 0 Å². The third-order valence-corrected chi connectivity index (χ3v) is 4.38. The van der Waals surface area contributed by atoms with Crippen LogP contribution in [0.15, 0.2) is 0 Å². The van der Waals surface area contributed by atoms with Gasteiger partial charge in [0.15, 0.2) is 0 Å². The highest BCUT2D eigenvalue weighted by atomic mass is 16.4. The van der Waals surface area contributed by atoms with Crippen LogP contribution in [0.2, 0.25) is 0 Å². The molecule has 0 rings (SSSR count). The monoisotopic (exact) mass is 386 g/mol. The number of aliphatic carboxylic acids is 1. The van der Waals surface area contributed by atoms with Gasteiger partial charge in [-0.1, -0.05) is 34.1 Å². The van der Waals surface area contributed by atoms with Crippen LogP contribution in [0.3, 0.4) is 0 Å². The van der Waals surface area contributed by atoms with Crippen molar-refractivity contribution >= 4 is 23.7 Å². The SMILES string of the molecule is CCC(C)C(N)C(=O)NC(CC(C)C)C(=O)NC(C)C(=O)NC(C)C(=O)O. The van der Waals surface area contributed by atoms with Gasteiger partial charge in [-0.05, 0) is 32.1 Å². The molecule has 0 aliphatic rings. The summed E-state index contributed by atoms with van der Waals surface area (Å²) in [5.74, 6) is -2.64. The van der Waals surface area contributed by atoms with E-state index in [4.69, 9.17) is 10.8 Å². The molecule has 5 unspecified atom stereocenters. The molecule has 0 aliphatic heterocycles. The molecule has 0 bridgehead atoms. The van der Waals surface area contributed by atoms with Gasteiger partial charge in [0.25, 0.3) is 0 Å². The molecule has 0 aromatic carbocycles. The third kappa shape index (κ3) is 8.85. The van der Waals surface area contributed by atoms with Crippen LogP contribution in [-0.2, 0) is 19.2 Å². The quantitative estimate of drug-likeness (QED) is 0.337. The number of amides is 3. The zero-order valence-electron chi connectivity index (χ0n) is 17.0. The standard InChI is InChI=1S/C18H34N4O5/c1-7-10(4)14(19)17(25)22-13(8-9(2)3)16(24)20-11(5)15(23)21-12(6)18(26)27/h9-14H,7-8,19H2,1-6H3,(H,20,24)(H,21,23)(H,22,25)(H,26,27). The molecule has 9 nitrogen and oxygen atoms in total. The molecule has 0 spiro atoms. The van der Waals surface area contributed by atoms with E-state index in [0.29, 0.717) is 6.42 Å². The number of nitrogens with one attached hydrogen (secondary N) is 3. The van der Waals surface area contributed by atoms with Gasteiger partial charge in [0, 0.05) is 0 Å². The normalized spacial score (nSPS) is 16.6. The predicted molar refractivity (Wildman–Crippen MR) is 102 cm³/mol. The van der Waals surface area contributed by atoms with Gasteiger partial charge in [-0.2, -0.15) is 0 Å². The Morgan fingerprint density at radius 2 is 1.37 bits per heavy atom. The number of carboxylic acids is 1. The molecule has 0 saturated carbocycles. The maximum Gasteiger partial charge on any atom is 0.325 e. The molecule has 0 heterocycles. The van der Waals surface area contributed by atoms with Crippen LogP contribution in [0, 0.1) is 11.8 Å². The fraction of sp³-hybridized carbons (Fsp3) is 0.778. The van der Waals surface area contributed by atoms with Crippen LogP contribution in [0.25, 0.3) is 0 Å². The molecule has 0 aromatic rings. The second-order valence-corrected chi connectivity index (χ2v) is 7.40. The predicted octanol–water partition coefficient (Wildman–Crippen LogP) is -0.0153. The first-order chi connectivity index (χ1) is 12.4. The Morgan fingerprint density at radius 1 is 0.852 bits per heavy atom. The van der Waals surface area contributed by atoms with Crippen molar-refractivity contribution in [3.05, 3.63) is 0 Å². The minimum Gasteiger partial charge on any atom is -0.480 e. The van der Waals surface area contributed by atoms with Crippen molar-refractivity contribution < 1.29 is 24.3 Å². The molecular weight excluding hydrogens is 352 g/mol. The molecule has 0 saturated heterocycles. The van der Waals surface area contributed by atoms with Gasteiger partial charge in [-0.15, -0.1) is 0 Å². The van der Waals surface area contributed by atoms with Crippen molar-refractivity contribution in [1.29, 1.82) is 0 Å². The number of hydrogen-bond acceptors (Lipinski definition) is 5. The summed E-state index contributed by atoms with van der Waals surface area (Å²) in [6.07, 6.45) is 1.11. The lowest BCUT2D eigenvalue weighted by Crippen LogP contribution is -2.57. The van der Waals surface area contributed by atoms with E-state index < -0.39 is 47.9 Å². The summed E-state index contributed by atoms with van der Waals surface area (Å²) >= 11 is 0. The average Bonchev–Trinajstić information content (AvgIpc) is 2.58. The molecule has 6 N–H and O–H groups in total. The lowest BCUT2D eigenvalue weighted by Gasteiger charge is -2.25. The number of hydrogen-bond donors (Lipinski definition) is 5. The minimum atomic E-state index is -1.18. The van der Waals surface area contributed by atoms with Crippen molar-refractivity contribution in [1.82, 2.24) is 16.0 Å². The van der Waals surface area contributed by atoms with Gasteiger partial charge in [0.2, 0.25) is 17.7 Å². The fourth-order valence-electron chi connectivity index (χ4n) is 2.26. The highest BCUT2D eigenvalue weighted by Crippen LogP contribution is 2.09. The first kappa shape index (κ1) is 24.8. The highest BCUT2D eigenvalue weighted by Gasteiger charge is 2.29. The van der Waals surface area contributed by atoms with Crippen molar-refractivity contribution in [2.45, 2.75) is 78.6 Å². The summed E-state index contributed by atoms with van der Waals surface area (Å²) in [5.41, 5.74) is 5.92. The molecule has 156 valence electrons. The van der Waals surface area contributed by atoms with Crippen molar-refractivity contribution in [2.75, 3.05) is 0 Å². The molecule has 9 heteroatoms. The Kier molecular flexibility index (Phi) is 10.6. The van der Waals surface area contributed by atoms with E-state index in [2.05, 4.69) is 16.0 Å². The van der Waals surface area contributed by atoms with Crippen LogP contribution >= 0.6 is 0 Å². The first-order valence-corrected chi connectivity index (χ1v) is 9.30. The van der Waals surface area contributed by atoms with E-state index >= 15 is 0 Å². The lowest BCUT2D eigenvalue weighted by molar-refractivity contribution is -0.141. The van der Waals surface area contributed by atoms with E-state index in [9.17, 15) is 19.2 Å². The largest absolute Gasteiger partial charge is 0.480 e. The van der Waals surface area contributed by atoms with E-state index in [-0.39, 0.29) is 11.8 Å². The Labute approximate surface area is 160 Å². The van der Waals surface area contributed by atoms with E-state index in [1.165, 1.54) is 13.8 Å².